The third kappa shape index (κ3) is 4.11. The van der Waals surface area contributed by atoms with Crippen molar-refractivity contribution in [1.29, 1.82) is 0 Å². The van der Waals surface area contributed by atoms with Gasteiger partial charge in [0.15, 0.2) is 11.5 Å². The molecule has 0 unspecified atom stereocenters. The highest BCUT2D eigenvalue weighted by Gasteiger charge is 2.13. The third-order valence-corrected chi connectivity index (χ3v) is 3.49. The molecule has 0 fully saturated rings. The molecule has 1 amide bonds. The van der Waals surface area contributed by atoms with Crippen LogP contribution in [0.5, 0.6) is 11.5 Å². The lowest BCUT2D eigenvalue weighted by Gasteiger charge is -2.08. The van der Waals surface area contributed by atoms with Crippen molar-refractivity contribution in [1.82, 2.24) is 5.43 Å². The summed E-state index contributed by atoms with van der Waals surface area (Å²) in [5.41, 5.74) is 3.42. The summed E-state index contributed by atoms with van der Waals surface area (Å²) in [7, 11) is 0. The lowest BCUT2D eigenvalue weighted by molar-refractivity contribution is -0.384. The molecule has 1 N–H and O–H groups in total. The van der Waals surface area contributed by atoms with E-state index in [4.69, 9.17) is 9.47 Å². The smallest absolute Gasteiger partial charge is 0.271 e. The van der Waals surface area contributed by atoms with Gasteiger partial charge >= 0.3 is 0 Å². The number of nitrogens with one attached hydrogen (secondary N) is 1. The van der Waals surface area contributed by atoms with Gasteiger partial charge in [0.25, 0.3) is 11.6 Å². The molecule has 0 radical (unpaired) electrons. The van der Waals surface area contributed by atoms with Crippen LogP contribution in [0.25, 0.3) is 0 Å². The average molecular weight is 341 g/mol. The lowest BCUT2D eigenvalue weighted by Crippen LogP contribution is -2.17. The number of rotatable bonds is 4. The van der Waals surface area contributed by atoms with Gasteiger partial charge in [-0.25, -0.2) is 5.43 Å². The minimum atomic E-state index is -0.479. The molecule has 0 aliphatic carbocycles. The molecule has 0 aromatic heterocycles. The number of carbonyl (C=O) groups excluding carboxylic acids is 1. The Hall–Kier alpha value is -3.42. The molecule has 0 saturated heterocycles. The van der Waals surface area contributed by atoms with Gasteiger partial charge in [0.2, 0.25) is 0 Å². The first-order chi connectivity index (χ1) is 12.1. The van der Waals surface area contributed by atoms with E-state index in [1.165, 1.54) is 18.3 Å². The van der Waals surface area contributed by atoms with Crippen molar-refractivity contribution < 1.29 is 19.2 Å². The van der Waals surface area contributed by atoms with Crippen molar-refractivity contribution in [2.45, 2.75) is 6.42 Å². The summed E-state index contributed by atoms with van der Waals surface area (Å²) in [6, 6.07) is 10.7. The van der Waals surface area contributed by atoms with Crippen LogP contribution in [0.15, 0.2) is 47.6 Å². The van der Waals surface area contributed by atoms with Gasteiger partial charge in [-0.05, 0) is 35.9 Å². The number of nitrogens with zero attached hydrogens (tertiary/aromatic N) is 2. The van der Waals surface area contributed by atoms with Crippen LogP contribution in [-0.4, -0.2) is 30.3 Å². The van der Waals surface area contributed by atoms with Crippen LogP contribution in [0.2, 0.25) is 0 Å². The van der Waals surface area contributed by atoms with Gasteiger partial charge in [-0.2, -0.15) is 5.10 Å². The van der Waals surface area contributed by atoms with E-state index in [1.54, 1.807) is 30.3 Å². The van der Waals surface area contributed by atoms with Crippen molar-refractivity contribution >= 4 is 17.8 Å². The number of benzene rings is 2. The van der Waals surface area contributed by atoms with E-state index in [-0.39, 0.29) is 5.69 Å². The third-order valence-electron chi connectivity index (χ3n) is 3.49. The van der Waals surface area contributed by atoms with Gasteiger partial charge in [-0.3, -0.25) is 14.9 Å². The minimum Gasteiger partial charge on any atom is -0.490 e. The molecule has 1 aliphatic rings. The van der Waals surface area contributed by atoms with Crippen molar-refractivity contribution in [2.24, 2.45) is 5.10 Å². The topological polar surface area (TPSA) is 103 Å². The Kier molecular flexibility index (Phi) is 4.89. The number of non-ortho nitro benzene ring substituents is 1. The van der Waals surface area contributed by atoms with Crippen LogP contribution in [0.1, 0.15) is 22.3 Å². The molecular weight excluding hydrogens is 326 g/mol. The SMILES string of the molecule is O=C(N/N=C/c1ccc([N+](=O)[O-])cc1)c1ccc2c(c1)OCCCO2. The molecule has 3 rings (SSSR count). The highest BCUT2D eigenvalue weighted by molar-refractivity contribution is 5.95. The molecule has 8 heteroatoms. The summed E-state index contributed by atoms with van der Waals surface area (Å²) in [6.07, 6.45) is 2.19. The average Bonchev–Trinajstić information content (AvgIpc) is 2.86. The zero-order valence-electron chi connectivity index (χ0n) is 13.2. The van der Waals surface area contributed by atoms with Crippen LogP contribution in [-0.2, 0) is 0 Å². The minimum absolute atomic E-state index is 0.00613. The van der Waals surface area contributed by atoms with Gasteiger partial charge in [0, 0.05) is 24.1 Å². The number of hydrogen-bond donors (Lipinski definition) is 1. The quantitative estimate of drug-likeness (QED) is 0.523. The molecular formula is C17H15N3O5. The van der Waals surface area contributed by atoms with Gasteiger partial charge in [-0.1, -0.05) is 0 Å². The molecule has 0 saturated carbocycles. The maximum atomic E-state index is 12.1. The molecule has 1 aliphatic heterocycles. The summed E-state index contributed by atoms with van der Waals surface area (Å²) >= 11 is 0. The van der Waals surface area contributed by atoms with Gasteiger partial charge in [0.1, 0.15) is 0 Å². The molecule has 25 heavy (non-hydrogen) atoms. The summed E-state index contributed by atoms with van der Waals surface area (Å²) in [6.45, 7) is 1.12. The maximum Gasteiger partial charge on any atom is 0.271 e. The second-order valence-electron chi connectivity index (χ2n) is 5.26. The van der Waals surface area contributed by atoms with E-state index >= 15 is 0 Å². The number of carbonyl (C=O) groups is 1. The predicted octanol–water partition coefficient (Wildman–Crippen LogP) is 2.52. The summed E-state index contributed by atoms with van der Waals surface area (Å²) in [4.78, 5) is 22.3. The van der Waals surface area contributed by atoms with E-state index < -0.39 is 10.8 Å². The fraction of sp³-hybridized carbons (Fsp3) is 0.176. The van der Waals surface area contributed by atoms with Crippen molar-refractivity contribution in [2.75, 3.05) is 13.2 Å². The normalized spacial score (nSPS) is 13.3. The second-order valence-corrected chi connectivity index (χ2v) is 5.26. The molecule has 1 heterocycles. The fourth-order valence-corrected chi connectivity index (χ4v) is 2.22. The Morgan fingerprint density at radius 1 is 1.12 bits per heavy atom. The molecule has 0 bridgehead atoms. The largest absolute Gasteiger partial charge is 0.490 e. The van der Waals surface area contributed by atoms with Gasteiger partial charge < -0.3 is 9.47 Å². The maximum absolute atomic E-state index is 12.1. The first kappa shape index (κ1) is 16.4. The van der Waals surface area contributed by atoms with E-state index in [1.807, 2.05) is 0 Å². The Morgan fingerprint density at radius 3 is 2.56 bits per heavy atom. The molecule has 8 nitrogen and oxygen atoms in total. The van der Waals surface area contributed by atoms with Gasteiger partial charge in [0.05, 0.1) is 24.4 Å². The summed E-state index contributed by atoms with van der Waals surface area (Å²) < 4.78 is 11.1. The standard InChI is InChI=1S/C17H15N3O5/c21-17(13-4-7-15-16(10-13)25-9-1-8-24-15)19-18-11-12-2-5-14(6-3-12)20(22)23/h2-7,10-11H,1,8-9H2,(H,19,21)/b18-11+. The first-order valence-electron chi connectivity index (χ1n) is 7.61. The number of ether oxygens (including phenoxy) is 2. The van der Waals surface area contributed by atoms with Crippen LogP contribution in [0, 0.1) is 10.1 Å². The number of nitro groups is 1. The Balaban J connectivity index is 1.64. The Bertz CT molecular complexity index is 818. The van der Waals surface area contributed by atoms with E-state index in [0.29, 0.717) is 35.8 Å². The van der Waals surface area contributed by atoms with E-state index in [9.17, 15) is 14.9 Å². The molecule has 0 spiro atoms. The molecule has 128 valence electrons. The number of amides is 1. The van der Waals surface area contributed by atoms with Crippen LogP contribution in [0.3, 0.4) is 0 Å². The monoisotopic (exact) mass is 341 g/mol. The highest BCUT2D eigenvalue weighted by atomic mass is 16.6. The van der Waals surface area contributed by atoms with Crippen LogP contribution < -0.4 is 14.9 Å². The zero-order valence-corrected chi connectivity index (χ0v) is 13.2. The van der Waals surface area contributed by atoms with Crippen molar-refractivity contribution in [3.8, 4) is 11.5 Å². The number of hydrogen-bond acceptors (Lipinski definition) is 6. The lowest BCUT2D eigenvalue weighted by atomic mass is 10.2. The van der Waals surface area contributed by atoms with Crippen LogP contribution in [0.4, 0.5) is 5.69 Å². The predicted molar refractivity (Wildman–Crippen MR) is 90.2 cm³/mol. The second kappa shape index (κ2) is 7.43. The van der Waals surface area contributed by atoms with Gasteiger partial charge in [-0.15, -0.1) is 0 Å². The zero-order chi connectivity index (χ0) is 17.6. The van der Waals surface area contributed by atoms with Crippen molar-refractivity contribution in [3.05, 3.63) is 63.7 Å². The summed E-state index contributed by atoms with van der Waals surface area (Å²) in [5, 5.41) is 14.4. The van der Waals surface area contributed by atoms with Crippen LogP contribution >= 0.6 is 0 Å². The first-order valence-corrected chi connectivity index (χ1v) is 7.61. The number of hydrazone groups is 1. The Labute approximate surface area is 143 Å². The summed E-state index contributed by atoms with van der Waals surface area (Å²) in [5.74, 6) is 0.752. The number of fused-ring (bicyclic) bond motifs is 1. The van der Waals surface area contributed by atoms with Crippen molar-refractivity contribution in [3.63, 3.8) is 0 Å². The molecule has 2 aromatic rings. The number of nitro benzene ring substituents is 1. The van der Waals surface area contributed by atoms with E-state index in [2.05, 4.69) is 10.5 Å². The highest BCUT2D eigenvalue weighted by Crippen LogP contribution is 2.30. The Morgan fingerprint density at radius 2 is 1.84 bits per heavy atom. The molecule has 0 atom stereocenters. The molecule has 2 aromatic carbocycles. The van der Waals surface area contributed by atoms with E-state index in [0.717, 1.165) is 6.42 Å². The fourth-order valence-electron chi connectivity index (χ4n) is 2.22.